The van der Waals surface area contributed by atoms with E-state index in [0.29, 0.717) is 12.1 Å². The van der Waals surface area contributed by atoms with Gasteiger partial charge in [-0.05, 0) is 29.6 Å². The minimum Gasteiger partial charge on any atom is -0.494 e. The summed E-state index contributed by atoms with van der Waals surface area (Å²) in [6, 6.07) is 1.26. The highest BCUT2D eigenvalue weighted by atomic mass is 19.2. The van der Waals surface area contributed by atoms with Gasteiger partial charge in [0.1, 0.15) is 19.5 Å². The van der Waals surface area contributed by atoms with E-state index in [9.17, 15) is 22.0 Å². The molecule has 0 atom stereocenters. The van der Waals surface area contributed by atoms with Gasteiger partial charge in [0.25, 0.3) is 0 Å². The maximum Gasteiger partial charge on any atom is 0.175 e. The normalized spacial score (nSPS) is 10.8. The van der Waals surface area contributed by atoms with Crippen molar-refractivity contribution in [3.63, 3.8) is 0 Å². The summed E-state index contributed by atoms with van der Waals surface area (Å²) in [6.45, 7) is 1.18. The molecule has 2 rings (SSSR count). The summed E-state index contributed by atoms with van der Waals surface area (Å²) < 4.78 is 73.3. The molecule has 21 heavy (non-hydrogen) atoms. The summed E-state index contributed by atoms with van der Waals surface area (Å²) in [5.41, 5.74) is -2.49. The Balaban J connectivity index is 2.91. The number of rotatable bonds is 2. The van der Waals surface area contributed by atoms with Crippen LogP contribution in [0.25, 0.3) is 11.1 Å². The third kappa shape index (κ3) is 2.37. The number of methoxy groups -OCH3 is 1. The average Bonchev–Trinajstić information content (AvgIpc) is 2.42. The van der Waals surface area contributed by atoms with Crippen LogP contribution in [-0.2, 0) is 0 Å². The molecule has 0 saturated heterocycles. The van der Waals surface area contributed by atoms with Crippen LogP contribution in [0, 0.1) is 36.0 Å². The Labute approximate surface area is 118 Å². The highest BCUT2D eigenvalue weighted by Crippen LogP contribution is 2.35. The molecule has 0 aliphatic heterocycles. The van der Waals surface area contributed by atoms with Gasteiger partial charge >= 0.3 is 0 Å². The summed E-state index contributed by atoms with van der Waals surface area (Å²) >= 11 is 0. The molecule has 7 heteroatoms. The Morgan fingerprint density at radius 2 is 1.57 bits per heavy atom. The lowest BCUT2D eigenvalue weighted by atomic mass is 9.89. The minimum absolute atomic E-state index is 0.236. The predicted octanol–water partition coefficient (Wildman–Crippen LogP) is 3.16. The van der Waals surface area contributed by atoms with E-state index in [1.54, 1.807) is 0 Å². The molecule has 0 fully saturated rings. The van der Waals surface area contributed by atoms with Crippen LogP contribution in [0.4, 0.5) is 22.0 Å². The lowest BCUT2D eigenvalue weighted by Crippen LogP contribution is -2.18. The SMILES string of the molecule is [B]c1c(F)c(F)c(-c2cc(F)cc(F)c2C)c(F)c1OC. The van der Waals surface area contributed by atoms with Crippen molar-refractivity contribution >= 4 is 13.3 Å². The Morgan fingerprint density at radius 3 is 2.14 bits per heavy atom. The Hall–Kier alpha value is -2.05. The molecule has 108 valence electrons. The van der Waals surface area contributed by atoms with Crippen molar-refractivity contribution < 1.29 is 26.7 Å². The van der Waals surface area contributed by atoms with Crippen LogP contribution < -0.4 is 10.2 Å². The van der Waals surface area contributed by atoms with Gasteiger partial charge in [-0.25, -0.2) is 22.0 Å². The molecule has 2 aromatic carbocycles. The van der Waals surface area contributed by atoms with Gasteiger partial charge in [-0.3, -0.25) is 0 Å². The lowest BCUT2D eigenvalue weighted by molar-refractivity contribution is 0.383. The minimum atomic E-state index is -1.64. The Kier molecular flexibility index (Phi) is 3.94. The zero-order valence-corrected chi connectivity index (χ0v) is 11.0. The average molecular weight is 298 g/mol. The van der Waals surface area contributed by atoms with Gasteiger partial charge in [0.15, 0.2) is 23.2 Å². The smallest absolute Gasteiger partial charge is 0.175 e. The molecule has 0 aliphatic carbocycles. The van der Waals surface area contributed by atoms with Crippen LogP contribution >= 0.6 is 0 Å². The quantitative estimate of drug-likeness (QED) is 0.470. The molecule has 0 aromatic heterocycles. The monoisotopic (exact) mass is 298 g/mol. The van der Waals surface area contributed by atoms with E-state index in [2.05, 4.69) is 4.74 Å². The molecule has 0 saturated carbocycles. The predicted molar refractivity (Wildman–Crippen MR) is 68.3 cm³/mol. The molecule has 0 unspecified atom stereocenters. The first-order valence-corrected chi connectivity index (χ1v) is 5.75. The van der Waals surface area contributed by atoms with Gasteiger partial charge in [-0.1, -0.05) is 0 Å². The number of ether oxygens (including phenoxy) is 1. The van der Waals surface area contributed by atoms with E-state index >= 15 is 0 Å². The Morgan fingerprint density at radius 1 is 0.952 bits per heavy atom. The van der Waals surface area contributed by atoms with E-state index < -0.39 is 51.4 Å². The largest absolute Gasteiger partial charge is 0.494 e. The first-order valence-electron chi connectivity index (χ1n) is 5.75. The topological polar surface area (TPSA) is 9.23 Å². The molecule has 0 heterocycles. The first kappa shape index (κ1) is 15.3. The molecule has 2 aromatic rings. The van der Waals surface area contributed by atoms with Crippen LogP contribution in [0.15, 0.2) is 12.1 Å². The van der Waals surface area contributed by atoms with Gasteiger partial charge in [0.2, 0.25) is 0 Å². The lowest BCUT2D eigenvalue weighted by Gasteiger charge is -2.15. The fourth-order valence-corrected chi connectivity index (χ4v) is 2.00. The van der Waals surface area contributed by atoms with Gasteiger partial charge < -0.3 is 4.74 Å². The fourth-order valence-electron chi connectivity index (χ4n) is 2.00. The highest BCUT2D eigenvalue weighted by Gasteiger charge is 2.26. The van der Waals surface area contributed by atoms with Crippen molar-refractivity contribution in [3.8, 4) is 16.9 Å². The van der Waals surface area contributed by atoms with Crippen LogP contribution in [0.3, 0.4) is 0 Å². The maximum absolute atomic E-state index is 14.2. The molecule has 0 bridgehead atoms. The molecular weight excluding hydrogens is 290 g/mol. The van der Waals surface area contributed by atoms with Crippen LogP contribution in [0.5, 0.6) is 5.75 Å². The zero-order chi connectivity index (χ0) is 15.9. The third-order valence-corrected chi connectivity index (χ3v) is 3.09. The maximum atomic E-state index is 14.2. The molecule has 1 nitrogen and oxygen atoms in total. The summed E-state index contributed by atoms with van der Waals surface area (Å²) in [6.07, 6.45) is 0. The second kappa shape index (κ2) is 5.39. The fraction of sp³-hybridized carbons (Fsp3) is 0.143. The first-order chi connectivity index (χ1) is 9.79. The molecular formula is C14H8BF5O. The van der Waals surface area contributed by atoms with Crippen LogP contribution in [-0.4, -0.2) is 15.0 Å². The van der Waals surface area contributed by atoms with Crippen molar-refractivity contribution in [3.05, 3.63) is 46.8 Å². The number of hydrogen-bond acceptors (Lipinski definition) is 1. The van der Waals surface area contributed by atoms with Crippen molar-refractivity contribution in [2.24, 2.45) is 0 Å². The van der Waals surface area contributed by atoms with E-state index in [4.69, 9.17) is 7.85 Å². The van der Waals surface area contributed by atoms with E-state index in [1.807, 2.05) is 0 Å². The summed E-state index contributed by atoms with van der Waals surface area (Å²) in [4.78, 5) is 0. The Bertz CT molecular complexity index is 730. The molecule has 2 radical (unpaired) electrons. The summed E-state index contributed by atoms with van der Waals surface area (Å²) in [5.74, 6) is -7.32. The molecule has 0 N–H and O–H groups in total. The zero-order valence-electron chi connectivity index (χ0n) is 11.0. The van der Waals surface area contributed by atoms with E-state index in [-0.39, 0.29) is 5.56 Å². The number of benzene rings is 2. The van der Waals surface area contributed by atoms with Gasteiger partial charge in [0.05, 0.1) is 12.7 Å². The second-order valence-corrected chi connectivity index (χ2v) is 4.32. The number of halogens is 5. The van der Waals surface area contributed by atoms with Crippen molar-refractivity contribution in [2.45, 2.75) is 6.92 Å². The van der Waals surface area contributed by atoms with Crippen molar-refractivity contribution in [2.75, 3.05) is 7.11 Å². The van der Waals surface area contributed by atoms with Gasteiger partial charge in [-0.15, -0.1) is 0 Å². The van der Waals surface area contributed by atoms with Crippen molar-refractivity contribution in [1.82, 2.24) is 0 Å². The molecule has 0 aliphatic rings. The summed E-state index contributed by atoms with van der Waals surface area (Å²) in [7, 11) is 6.22. The van der Waals surface area contributed by atoms with E-state index in [1.165, 1.54) is 6.92 Å². The second-order valence-electron chi connectivity index (χ2n) is 4.32. The number of hydrogen-bond donors (Lipinski definition) is 0. The standard InChI is InChI=1S/C14H8BF5O/c1-5-7(3-6(16)4-8(5)17)9-11(18)13(20)10(15)14(21-2)12(9)19/h3-4H,1-2H3. The molecule has 0 spiro atoms. The van der Waals surface area contributed by atoms with Crippen molar-refractivity contribution in [1.29, 1.82) is 0 Å². The highest BCUT2D eigenvalue weighted by molar-refractivity contribution is 6.34. The third-order valence-electron chi connectivity index (χ3n) is 3.09. The summed E-state index contributed by atoms with van der Waals surface area (Å²) in [5, 5.41) is 0. The van der Waals surface area contributed by atoms with Gasteiger partial charge in [-0.2, -0.15) is 0 Å². The van der Waals surface area contributed by atoms with E-state index in [0.717, 1.165) is 7.11 Å². The molecule has 0 amide bonds. The van der Waals surface area contributed by atoms with Crippen LogP contribution in [0.1, 0.15) is 5.56 Å². The van der Waals surface area contributed by atoms with Crippen LogP contribution in [0.2, 0.25) is 0 Å². The van der Waals surface area contributed by atoms with Gasteiger partial charge in [0, 0.05) is 6.07 Å².